The summed E-state index contributed by atoms with van der Waals surface area (Å²) in [5, 5.41) is 12.0. The van der Waals surface area contributed by atoms with Gasteiger partial charge in [-0.3, -0.25) is 19.2 Å². The molecule has 0 fully saturated rings. The number of esters is 3. The average molecular weight is 363 g/mol. The van der Waals surface area contributed by atoms with Gasteiger partial charge in [0.15, 0.2) is 11.9 Å². The van der Waals surface area contributed by atoms with Gasteiger partial charge in [-0.15, -0.1) is 12.6 Å². The Morgan fingerprint density at radius 3 is 2.00 bits per heavy atom. The molecule has 0 radical (unpaired) electrons. The molecule has 0 bridgehead atoms. The summed E-state index contributed by atoms with van der Waals surface area (Å²) < 4.78 is 14.8. The van der Waals surface area contributed by atoms with E-state index in [9.17, 15) is 24.3 Å². The molecule has 2 unspecified atom stereocenters. The third-order valence-electron chi connectivity index (χ3n) is 2.37. The lowest BCUT2D eigenvalue weighted by molar-refractivity contribution is -0.152. The Kier molecular flexibility index (Phi) is 9.74. The second-order valence-corrected chi connectivity index (χ2v) is 5.14. The summed E-state index contributed by atoms with van der Waals surface area (Å²) in [6.07, 6.45) is -1.25. The van der Waals surface area contributed by atoms with Crippen molar-refractivity contribution in [1.82, 2.24) is 5.32 Å². The number of ether oxygens (including phenoxy) is 3. The first-order valence-corrected chi connectivity index (χ1v) is 7.43. The van der Waals surface area contributed by atoms with Crippen molar-refractivity contribution < 1.29 is 38.5 Å². The van der Waals surface area contributed by atoms with Crippen molar-refractivity contribution >= 4 is 36.4 Å². The maximum Gasteiger partial charge on any atom is 0.307 e. The van der Waals surface area contributed by atoms with E-state index < -0.39 is 35.4 Å². The average Bonchev–Trinajstić information content (AvgIpc) is 2.40. The normalized spacial score (nSPS) is 13.9. The SMILES string of the molecule is CC(=O)N/C(=C(/OC(C)=O)C(CCOC(C)=O)OC(C)=O)C(O)S. The summed E-state index contributed by atoms with van der Waals surface area (Å²) in [5.74, 6) is -2.90. The van der Waals surface area contributed by atoms with E-state index in [0.717, 1.165) is 13.8 Å². The topological polar surface area (TPSA) is 128 Å². The number of rotatable bonds is 8. The zero-order valence-corrected chi connectivity index (χ0v) is 14.7. The van der Waals surface area contributed by atoms with Crippen molar-refractivity contribution in [3.05, 3.63) is 11.5 Å². The lowest BCUT2D eigenvalue weighted by atomic mass is 10.1. The molecule has 2 atom stereocenters. The van der Waals surface area contributed by atoms with E-state index in [1.165, 1.54) is 13.8 Å². The maximum absolute atomic E-state index is 11.3. The van der Waals surface area contributed by atoms with Gasteiger partial charge in [-0.1, -0.05) is 0 Å². The van der Waals surface area contributed by atoms with Crippen molar-refractivity contribution in [1.29, 1.82) is 0 Å². The minimum Gasteiger partial charge on any atom is -0.466 e. The van der Waals surface area contributed by atoms with Crippen LogP contribution in [0.2, 0.25) is 0 Å². The molecular formula is C14H21NO8S. The van der Waals surface area contributed by atoms with E-state index in [2.05, 4.69) is 17.9 Å². The van der Waals surface area contributed by atoms with Crippen LogP contribution in [0.15, 0.2) is 11.5 Å². The Hall–Kier alpha value is -2.07. The third kappa shape index (κ3) is 9.16. The van der Waals surface area contributed by atoms with Crippen molar-refractivity contribution in [2.24, 2.45) is 0 Å². The van der Waals surface area contributed by atoms with E-state index in [4.69, 9.17) is 14.2 Å². The zero-order chi connectivity index (χ0) is 18.9. The highest BCUT2D eigenvalue weighted by atomic mass is 32.1. The summed E-state index contributed by atoms with van der Waals surface area (Å²) >= 11 is 3.80. The van der Waals surface area contributed by atoms with Gasteiger partial charge in [-0.25, -0.2) is 0 Å². The largest absolute Gasteiger partial charge is 0.466 e. The Morgan fingerprint density at radius 2 is 1.62 bits per heavy atom. The van der Waals surface area contributed by atoms with Crippen LogP contribution in [-0.4, -0.2) is 47.1 Å². The number of hydrogen-bond acceptors (Lipinski definition) is 9. The number of carbonyl (C=O) groups is 4. The maximum atomic E-state index is 11.3. The number of aliphatic hydroxyl groups is 1. The van der Waals surface area contributed by atoms with Gasteiger partial charge in [0.1, 0.15) is 5.44 Å². The van der Waals surface area contributed by atoms with Crippen molar-refractivity contribution in [2.75, 3.05) is 6.61 Å². The van der Waals surface area contributed by atoms with E-state index in [1.54, 1.807) is 0 Å². The Morgan fingerprint density at radius 1 is 1.04 bits per heavy atom. The summed E-state index contributed by atoms with van der Waals surface area (Å²) in [7, 11) is 0. The molecule has 0 aromatic carbocycles. The highest BCUT2D eigenvalue weighted by Gasteiger charge is 2.28. The molecule has 0 aromatic rings. The van der Waals surface area contributed by atoms with Gasteiger partial charge in [0, 0.05) is 34.1 Å². The smallest absolute Gasteiger partial charge is 0.307 e. The molecule has 0 spiro atoms. The first kappa shape index (κ1) is 21.9. The van der Waals surface area contributed by atoms with Crippen LogP contribution < -0.4 is 5.32 Å². The molecule has 0 aliphatic carbocycles. The van der Waals surface area contributed by atoms with Crippen molar-refractivity contribution in [3.8, 4) is 0 Å². The van der Waals surface area contributed by atoms with Crippen LogP contribution in [-0.2, 0) is 33.4 Å². The second-order valence-electron chi connectivity index (χ2n) is 4.65. The number of amides is 1. The molecule has 0 aliphatic heterocycles. The predicted molar refractivity (Wildman–Crippen MR) is 84.4 cm³/mol. The van der Waals surface area contributed by atoms with Crippen LogP contribution in [0.1, 0.15) is 34.1 Å². The fraction of sp³-hybridized carbons (Fsp3) is 0.571. The second kappa shape index (κ2) is 10.7. The molecule has 0 rings (SSSR count). The molecule has 9 nitrogen and oxygen atoms in total. The monoisotopic (exact) mass is 363 g/mol. The molecule has 136 valence electrons. The highest BCUT2D eigenvalue weighted by molar-refractivity contribution is 7.80. The lowest BCUT2D eigenvalue weighted by Gasteiger charge is -2.23. The number of thiol groups is 1. The van der Waals surface area contributed by atoms with Gasteiger partial charge in [-0.05, 0) is 0 Å². The quantitative estimate of drug-likeness (QED) is 0.181. The van der Waals surface area contributed by atoms with Crippen LogP contribution in [0.25, 0.3) is 0 Å². The van der Waals surface area contributed by atoms with Gasteiger partial charge in [0.25, 0.3) is 0 Å². The summed E-state index contributed by atoms with van der Waals surface area (Å²) in [6.45, 7) is 4.44. The number of carbonyl (C=O) groups excluding carboxylic acids is 4. The molecule has 0 aromatic heterocycles. The molecule has 1 amide bonds. The van der Waals surface area contributed by atoms with Gasteiger partial charge in [0.05, 0.1) is 12.3 Å². The number of hydrogen-bond donors (Lipinski definition) is 3. The van der Waals surface area contributed by atoms with E-state index in [0.29, 0.717) is 0 Å². The standard InChI is InChI=1S/C14H21NO8S/c1-7(16)15-12(14(20)24)13(23-10(4)19)11(22-9(3)18)5-6-21-8(2)17/h11,14,20,24H,5-6H2,1-4H3,(H,15,16)/b13-12+. The minimum absolute atomic E-state index is 0.0641. The third-order valence-corrected chi connectivity index (χ3v) is 2.63. The van der Waals surface area contributed by atoms with E-state index in [-0.39, 0.29) is 24.5 Å². The Labute approximate surface area is 144 Å². The fourth-order valence-electron chi connectivity index (χ4n) is 1.65. The molecule has 0 saturated carbocycles. The van der Waals surface area contributed by atoms with Crippen LogP contribution in [0.3, 0.4) is 0 Å². The Bertz CT molecular complexity index is 529. The van der Waals surface area contributed by atoms with Gasteiger partial charge >= 0.3 is 17.9 Å². The van der Waals surface area contributed by atoms with Gasteiger partial charge < -0.3 is 24.6 Å². The van der Waals surface area contributed by atoms with Crippen LogP contribution in [0.5, 0.6) is 0 Å². The molecule has 0 saturated heterocycles. The first-order valence-electron chi connectivity index (χ1n) is 6.91. The van der Waals surface area contributed by atoms with Crippen LogP contribution in [0, 0.1) is 0 Å². The van der Waals surface area contributed by atoms with Crippen molar-refractivity contribution in [3.63, 3.8) is 0 Å². The fourth-order valence-corrected chi connectivity index (χ4v) is 1.84. The zero-order valence-electron chi connectivity index (χ0n) is 13.8. The molecule has 2 N–H and O–H groups in total. The minimum atomic E-state index is -1.52. The summed E-state index contributed by atoms with van der Waals surface area (Å²) in [5.41, 5.74) is -1.77. The van der Waals surface area contributed by atoms with E-state index >= 15 is 0 Å². The van der Waals surface area contributed by atoms with Crippen molar-refractivity contribution in [2.45, 2.75) is 45.7 Å². The highest BCUT2D eigenvalue weighted by Crippen LogP contribution is 2.21. The number of aliphatic hydroxyl groups excluding tert-OH is 1. The van der Waals surface area contributed by atoms with Gasteiger partial charge in [-0.2, -0.15) is 0 Å². The molecule has 0 heterocycles. The molecular weight excluding hydrogens is 342 g/mol. The lowest BCUT2D eigenvalue weighted by Crippen LogP contribution is -2.33. The summed E-state index contributed by atoms with van der Waals surface area (Å²) in [6, 6.07) is 0. The van der Waals surface area contributed by atoms with E-state index in [1.807, 2.05) is 0 Å². The summed E-state index contributed by atoms with van der Waals surface area (Å²) in [4.78, 5) is 44.8. The Balaban J connectivity index is 5.76. The predicted octanol–water partition coefficient (Wildman–Crippen LogP) is 0.0303. The van der Waals surface area contributed by atoms with Crippen LogP contribution >= 0.6 is 12.6 Å². The number of nitrogens with one attached hydrogen (secondary N) is 1. The molecule has 0 aliphatic rings. The van der Waals surface area contributed by atoms with Gasteiger partial charge in [0.2, 0.25) is 5.91 Å². The first-order chi connectivity index (χ1) is 11.0. The molecule has 10 heteroatoms. The molecule has 24 heavy (non-hydrogen) atoms. The van der Waals surface area contributed by atoms with Crippen LogP contribution in [0.4, 0.5) is 0 Å².